The third-order valence-electron chi connectivity index (χ3n) is 11.5. The van der Waals surface area contributed by atoms with Crippen molar-refractivity contribution in [3.8, 4) is 44.5 Å². The van der Waals surface area contributed by atoms with Crippen LogP contribution in [-0.2, 0) is 49.5 Å². The predicted octanol–water partition coefficient (Wildman–Crippen LogP) is 14.3. The molecule has 0 atom stereocenters. The molecule has 0 saturated heterocycles. The molecule has 0 saturated carbocycles. The van der Waals surface area contributed by atoms with Crippen LogP contribution in [0.3, 0.4) is 0 Å². The Kier molecular flexibility index (Phi) is 38.7. The summed E-state index contributed by atoms with van der Waals surface area (Å²) in [5, 5.41) is 26.3. The van der Waals surface area contributed by atoms with Crippen LogP contribution in [0.4, 0.5) is 0 Å². The molecule has 0 spiro atoms. The van der Waals surface area contributed by atoms with E-state index in [9.17, 15) is 24.6 Å². The van der Waals surface area contributed by atoms with Gasteiger partial charge in [-0.1, -0.05) is 192 Å². The van der Waals surface area contributed by atoms with Gasteiger partial charge in [0.15, 0.2) is 0 Å². The van der Waals surface area contributed by atoms with Crippen molar-refractivity contribution < 1.29 is 52.4 Å². The van der Waals surface area contributed by atoms with Gasteiger partial charge < -0.3 is 24.8 Å². The van der Waals surface area contributed by atoms with E-state index in [1.165, 1.54) is 57.9 Å². The van der Waals surface area contributed by atoms with Crippen molar-refractivity contribution in [2.75, 3.05) is 26.4 Å². The number of aliphatic hydroxyl groups excluding tert-OH is 2. The molecule has 8 nitrogen and oxygen atoms in total. The number of hydrogen-bond acceptors (Lipinski definition) is 7. The van der Waals surface area contributed by atoms with Crippen molar-refractivity contribution in [1.29, 1.82) is 0 Å². The molecular formula is C62H71I6O8-. The third kappa shape index (κ3) is 27.4. The first-order chi connectivity index (χ1) is 36.0. The molecule has 0 amide bonds. The molecule has 0 aromatic heterocycles. The number of aliphatic hydroxyl groups is 2. The summed E-state index contributed by atoms with van der Waals surface area (Å²) in [5.74, 6) is -2.10. The Morgan fingerprint density at radius 1 is 0.461 bits per heavy atom. The van der Waals surface area contributed by atoms with Crippen molar-refractivity contribution in [2.45, 2.75) is 73.1 Å². The van der Waals surface area contributed by atoms with Crippen molar-refractivity contribution in [3.63, 3.8) is 0 Å². The number of carboxylic acid groups (broad SMARTS) is 1. The predicted molar refractivity (Wildman–Crippen MR) is 357 cm³/mol. The van der Waals surface area contributed by atoms with E-state index in [-0.39, 0.29) is 67.8 Å². The standard InChI is InChI=1S/C33H36O4.C25H28O2.C4H6O2.I3.I2.HI/c1-6-7-25-8-12-28(13-9-25)30-16-18-31(19-17-30)29-14-10-26(11-15-29)20-27(21-36-32(34)23(2)3)22-37-33(35)24(4)5;1-2-3-19-4-8-22(9-5-19)24-12-14-25(15-13-24)23-10-6-20(7-11-23)16-21(17-26)18-27;1-3(2)4(5)6;1-3-2;1-2;/h8-19,27H,2,4,6-7,20-22H2,1,3,5H3;4-15,21,26-27H,2-3,16-18H2,1H3;1H2,2H3,(H,5,6);;;1H/q;;;-1;;. The van der Waals surface area contributed by atoms with E-state index in [2.05, 4.69) is 254 Å². The van der Waals surface area contributed by atoms with E-state index in [1.54, 1.807) is 13.8 Å². The first kappa shape index (κ1) is 71.3. The molecule has 0 aliphatic heterocycles. The number of carbonyl (C=O) groups is 3. The van der Waals surface area contributed by atoms with E-state index in [4.69, 9.17) is 14.6 Å². The number of aryl methyl sites for hydroxylation is 2. The number of carboxylic acids is 1. The summed E-state index contributed by atoms with van der Waals surface area (Å²) in [5.41, 5.74) is 15.3. The molecule has 0 radical (unpaired) electrons. The summed E-state index contributed by atoms with van der Waals surface area (Å²) in [6.45, 7) is 19.7. The molecule has 3 N–H and O–H groups in total. The first-order valence-corrected chi connectivity index (χ1v) is 43.3. The molecule has 0 bridgehead atoms. The Labute approximate surface area is 522 Å². The molecule has 76 heavy (non-hydrogen) atoms. The Morgan fingerprint density at radius 3 is 0.868 bits per heavy atom. The molecular weight excluding hydrogens is 1630 g/mol. The zero-order valence-corrected chi connectivity index (χ0v) is 57.0. The molecule has 6 rings (SSSR count). The summed E-state index contributed by atoms with van der Waals surface area (Å²) in [6, 6.07) is 51.5. The number of aliphatic carboxylic acids is 1. The zero-order valence-electron chi connectivity index (χ0n) is 43.9. The van der Waals surface area contributed by atoms with Crippen LogP contribution < -0.4 is 13.3 Å². The maximum absolute atomic E-state index is 11.9. The summed E-state index contributed by atoms with van der Waals surface area (Å²) < 4.78 is 10.7. The number of halogens is 6. The van der Waals surface area contributed by atoms with Gasteiger partial charge in [-0.15, -0.1) is 24.0 Å². The van der Waals surface area contributed by atoms with Crippen LogP contribution in [0.2, 0.25) is 0 Å². The van der Waals surface area contributed by atoms with Gasteiger partial charge >= 0.3 is 68.4 Å². The molecule has 6 aromatic rings. The number of esters is 2. The van der Waals surface area contributed by atoms with E-state index in [0.717, 1.165) is 41.5 Å². The van der Waals surface area contributed by atoms with Gasteiger partial charge in [-0.2, -0.15) is 0 Å². The summed E-state index contributed by atoms with van der Waals surface area (Å²) in [4.78, 5) is 33.3. The average Bonchev–Trinajstić information content (AvgIpc) is 3.43. The molecule has 0 unspecified atom stereocenters. The summed E-state index contributed by atoms with van der Waals surface area (Å²) in [7, 11) is 0. The Balaban J connectivity index is 0.000000648. The minimum absolute atomic E-state index is 0. The number of benzene rings is 6. The Bertz CT molecular complexity index is 2590. The quantitative estimate of drug-likeness (QED) is 0.0369. The molecule has 0 aliphatic carbocycles. The molecule has 0 aliphatic rings. The van der Waals surface area contributed by atoms with Crippen LogP contribution in [0.1, 0.15) is 69.7 Å². The van der Waals surface area contributed by atoms with Gasteiger partial charge in [0, 0.05) is 79.0 Å². The van der Waals surface area contributed by atoms with E-state index < -0.39 is 17.9 Å². The summed E-state index contributed by atoms with van der Waals surface area (Å²) in [6.07, 6.45) is 5.86. The monoisotopic (exact) mass is 1700 g/mol. The van der Waals surface area contributed by atoms with Crippen LogP contribution in [0.25, 0.3) is 44.5 Å². The number of hydrogen-bond donors (Lipinski definition) is 3. The van der Waals surface area contributed by atoms with Gasteiger partial charge in [-0.25, -0.2) is 14.4 Å². The van der Waals surface area contributed by atoms with Crippen LogP contribution in [0.5, 0.6) is 0 Å². The van der Waals surface area contributed by atoms with Gasteiger partial charge in [0.25, 0.3) is 0 Å². The zero-order chi connectivity index (χ0) is 55.7. The van der Waals surface area contributed by atoms with Crippen molar-refractivity contribution in [3.05, 3.63) is 204 Å². The van der Waals surface area contributed by atoms with Crippen LogP contribution in [-0.4, -0.2) is 59.7 Å². The third-order valence-corrected chi connectivity index (χ3v) is 11.5. The second kappa shape index (κ2) is 41.3. The topological polar surface area (TPSA) is 130 Å². The normalized spacial score (nSPS) is 10.1. The van der Waals surface area contributed by atoms with E-state index in [1.807, 2.05) is 0 Å². The van der Waals surface area contributed by atoms with E-state index >= 15 is 0 Å². The molecule has 6 aromatic carbocycles. The molecule has 14 heteroatoms. The van der Waals surface area contributed by atoms with Crippen LogP contribution >= 0.6 is 98.4 Å². The maximum atomic E-state index is 11.9. The Hall–Kier alpha value is -2.75. The van der Waals surface area contributed by atoms with E-state index in [0.29, 0.717) is 37.2 Å². The van der Waals surface area contributed by atoms with Crippen molar-refractivity contribution >= 4 is 116 Å². The van der Waals surface area contributed by atoms with Gasteiger partial charge in [-0.05, 0) is 113 Å². The fourth-order valence-electron chi connectivity index (χ4n) is 7.33. The second-order valence-corrected chi connectivity index (χ2v) is 34.1. The number of carbonyl (C=O) groups excluding carboxylic acids is 2. The van der Waals surface area contributed by atoms with Gasteiger partial charge in [0.2, 0.25) is 0 Å². The van der Waals surface area contributed by atoms with Gasteiger partial charge in [0.05, 0.1) is 13.2 Å². The number of ether oxygens (including phenoxy) is 2. The van der Waals surface area contributed by atoms with Crippen LogP contribution in [0, 0.1) is 11.8 Å². The van der Waals surface area contributed by atoms with Gasteiger partial charge in [-0.3, -0.25) is 0 Å². The second-order valence-electron chi connectivity index (χ2n) is 17.8. The van der Waals surface area contributed by atoms with Crippen molar-refractivity contribution in [2.24, 2.45) is 11.8 Å². The molecule has 0 fully saturated rings. The molecule has 410 valence electrons. The van der Waals surface area contributed by atoms with Crippen LogP contribution in [0.15, 0.2) is 182 Å². The summed E-state index contributed by atoms with van der Waals surface area (Å²) >= 11 is 9.54. The number of rotatable bonds is 21. The van der Waals surface area contributed by atoms with Gasteiger partial charge in [0.1, 0.15) is 0 Å². The average molecular weight is 1710 g/mol. The first-order valence-electron chi connectivity index (χ1n) is 24.4. The fraction of sp³-hybridized carbons (Fsp3) is 0.274. The minimum atomic E-state index is -0.935. The SMILES string of the molecule is C=C(C)C(=O)O.C=C(C)C(=O)OCC(COC(=O)C(=C)C)Cc1ccc(-c2ccc(-c3ccc(CCC)cc3)cc2)cc1.CCCc1ccc(-c2ccc(-c3ccc(CC(CO)CO)cc3)cc2)cc1.I.II.I[I-]I. The molecule has 0 heterocycles. The van der Waals surface area contributed by atoms with Crippen molar-refractivity contribution in [1.82, 2.24) is 0 Å². The Morgan fingerprint density at radius 2 is 0.671 bits per heavy atom. The fourth-order valence-corrected chi connectivity index (χ4v) is 7.33.